The summed E-state index contributed by atoms with van der Waals surface area (Å²) in [5, 5.41) is 16.7. The van der Waals surface area contributed by atoms with Crippen LogP contribution in [-0.4, -0.2) is 95.4 Å². The van der Waals surface area contributed by atoms with E-state index in [0.29, 0.717) is 46.1 Å². The third-order valence-corrected chi connectivity index (χ3v) is 3.06. The van der Waals surface area contributed by atoms with Gasteiger partial charge < -0.3 is 29.2 Å². The van der Waals surface area contributed by atoms with Crippen LogP contribution in [0.25, 0.3) is 0 Å². The van der Waals surface area contributed by atoms with Gasteiger partial charge in [0.1, 0.15) is 0 Å². The van der Waals surface area contributed by atoms with E-state index < -0.39 is 16.5 Å². The molecule has 0 saturated carbocycles. The average Bonchev–Trinajstić information content (AvgIpc) is 2.61. The Hall–Kier alpha value is -0.370. The van der Waals surface area contributed by atoms with E-state index >= 15 is 0 Å². The Labute approximate surface area is 163 Å². The molecule has 0 spiro atoms. The lowest BCUT2D eigenvalue weighted by molar-refractivity contribution is 0.00230. The van der Waals surface area contributed by atoms with E-state index in [2.05, 4.69) is 4.18 Å². The highest BCUT2D eigenvalue weighted by atomic mass is 32.3. The fourth-order valence-corrected chi connectivity index (χ4v) is 1.70. The summed E-state index contributed by atoms with van der Waals surface area (Å²) in [7, 11) is -4.24. The van der Waals surface area contributed by atoms with Gasteiger partial charge in [0.05, 0.1) is 59.0 Å². The van der Waals surface area contributed by atoms with Gasteiger partial charge in [-0.25, -0.2) is 4.18 Å². The second kappa shape index (κ2) is 25.6. The van der Waals surface area contributed by atoms with Crippen LogP contribution < -0.4 is 0 Å². The molecule has 0 aliphatic rings. The Morgan fingerprint density at radius 3 is 1.30 bits per heavy atom. The molecule has 1 unspecified atom stereocenters. The maximum atomic E-state index is 9.93. The van der Waals surface area contributed by atoms with Crippen LogP contribution in [0.4, 0.5) is 0 Å². The molecular formula is C16H38O10S. The molecule has 0 rings (SSSR count). The van der Waals surface area contributed by atoms with Crippen LogP contribution in [0.15, 0.2) is 0 Å². The normalized spacial score (nSPS) is 11.8. The summed E-state index contributed by atoms with van der Waals surface area (Å²) in [6.45, 7) is 11.8. The van der Waals surface area contributed by atoms with Crippen LogP contribution in [0.5, 0.6) is 0 Å². The van der Waals surface area contributed by atoms with Crippen LogP contribution in [0.3, 0.4) is 0 Å². The summed E-state index contributed by atoms with van der Waals surface area (Å²) in [5.41, 5.74) is 0. The van der Waals surface area contributed by atoms with Crippen molar-refractivity contribution in [2.45, 2.75) is 40.2 Å². The lowest BCUT2D eigenvalue weighted by Gasteiger charge is -2.04. The summed E-state index contributed by atoms with van der Waals surface area (Å²) in [6.07, 6.45) is 0.111. The van der Waals surface area contributed by atoms with Gasteiger partial charge in [-0.3, -0.25) is 4.55 Å². The molecule has 0 aromatic heterocycles. The summed E-state index contributed by atoms with van der Waals surface area (Å²) in [5.74, 6) is 0. The zero-order chi connectivity index (χ0) is 21.4. The summed E-state index contributed by atoms with van der Waals surface area (Å²) >= 11 is 0. The highest BCUT2D eigenvalue weighted by molar-refractivity contribution is 7.80. The predicted octanol–water partition coefficient (Wildman–Crippen LogP) is 0.668. The molecule has 11 heteroatoms. The van der Waals surface area contributed by atoms with E-state index in [1.165, 1.54) is 0 Å². The molecule has 0 amide bonds. The largest absolute Gasteiger partial charge is 0.397 e. The summed E-state index contributed by atoms with van der Waals surface area (Å²) < 4.78 is 51.9. The van der Waals surface area contributed by atoms with E-state index in [-0.39, 0.29) is 13.2 Å². The van der Waals surface area contributed by atoms with Gasteiger partial charge in [0.15, 0.2) is 0 Å². The van der Waals surface area contributed by atoms with Crippen molar-refractivity contribution < 1.29 is 46.3 Å². The number of hydrogen-bond acceptors (Lipinski definition) is 9. The molecule has 3 N–H and O–H groups in total. The van der Waals surface area contributed by atoms with Gasteiger partial charge in [-0.1, -0.05) is 6.92 Å². The molecule has 0 aromatic rings. The van der Waals surface area contributed by atoms with Crippen LogP contribution in [-0.2, 0) is 33.5 Å². The fraction of sp³-hybridized carbons (Fsp3) is 1.00. The van der Waals surface area contributed by atoms with E-state index in [9.17, 15) is 8.42 Å². The first kappa shape index (κ1) is 31.3. The van der Waals surface area contributed by atoms with E-state index in [1.807, 2.05) is 13.8 Å². The average molecular weight is 423 g/mol. The zero-order valence-corrected chi connectivity index (χ0v) is 17.8. The molecule has 0 heterocycles. The van der Waals surface area contributed by atoms with Crippen molar-refractivity contribution >= 4 is 10.4 Å². The first-order valence-corrected chi connectivity index (χ1v) is 10.3. The van der Waals surface area contributed by atoms with Gasteiger partial charge in [-0.15, -0.1) is 0 Å². The smallest absolute Gasteiger partial charge is 0.394 e. The van der Waals surface area contributed by atoms with E-state index in [1.54, 1.807) is 13.8 Å². The molecular weight excluding hydrogens is 384 g/mol. The van der Waals surface area contributed by atoms with Crippen LogP contribution >= 0.6 is 0 Å². The minimum Gasteiger partial charge on any atom is -0.394 e. The van der Waals surface area contributed by atoms with Crippen LogP contribution in [0.2, 0.25) is 0 Å². The van der Waals surface area contributed by atoms with Gasteiger partial charge >= 0.3 is 10.4 Å². The van der Waals surface area contributed by atoms with Crippen LogP contribution in [0.1, 0.15) is 34.1 Å². The van der Waals surface area contributed by atoms with Crippen molar-refractivity contribution in [2.75, 3.05) is 66.1 Å². The second-order valence-electron chi connectivity index (χ2n) is 4.81. The molecule has 10 nitrogen and oxygen atoms in total. The molecule has 1 atom stereocenters. The second-order valence-corrected chi connectivity index (χ2v) is 5.86. The van der Waals surface area contributed by atoms with Gasteiger partial charge in [-0.05, 0) is 27.2 Å². The zero-order valence-electron chi connectivity index (χ0n) is 17.0. The quantitative estimate of drug-likeness (QED) is 0.255. The standard InChI is InChI=1S/C8H18O5.C4H10O4S.C4H10O/c9-1-3-11-5-7-13-8-6-12-4-2-10;1-3-4(2)8-9(5,6)7;1-3-5-4-2/h9-10H,1-8H2;4H,3H2,1-2H3,(H,5,6,7);3-4H2,1-2H3. The lowest BCUT2D eigenvalue weighted by Crippen LogP contribution is -2.12. The minimum atomic E-state index is -4.24. The molecule has 0 saturated heterocycles. The van der Waals surface area contributed by atoms with Crippen molar-refractivity contribution in [3.63, 3.8) is 0 Å². The maximum absolute atomic E-state index is 9.93. The van der Waals surface area contributed by atoms with Gasteiger partial charge in [0.25, 0.3) is 0 Å². The topological polar surface area (TPSA) is 141 Å². The van der Waals surface area contributed by atoms with Crippen LogP contribution in [0, 0.1) is 0 Å². The first-order chi connectivity index (χ1) is 12.8. The van der Waals surface area contributed by atoms with Crippen molar-refractivity contribution in [3.8, 4) is 0 Å². The molecule has 0 bridgehead atoms. The number of aliphatic hydroxyl groups excluding tert-OH is 2. The number of hydrogen-bond donors (Lipinski definition) is 3. The minimum absolute atomic E-state index is 0.0413. The highest BCUT2D eigenvalue weighted by Gasteiger charge is 2.08. The molecule has 0 aliphatic heterocycles. The van der Waals surface area contributed by atoms with Gasteiger partial charge in [-0.2, -0.15) is 8.42 Å². The molecule has 0 aliphatic carbocycles. The van der Waals surface area contributed by atoms with E-state index in [0.717, 1.165) is 13.2 Å². The van der Waals surface area contributed by atoms with Gasteiger partial charge in [0.2, 0.25) is 0 Å². The number of aliphatic hydroxyl groups is 2. The SMILES string of the molecule is CCC(C)OS(=O)(=O)O.CCOCC.OCCOCCOCCOCCO. The molecule has 0 radical (unpaired) electrons. The lowest BCUT2D eigenvalue weighted by atomic mass is 10.3. The summed E-state index contributed by atoms with van der Waals surface area (Å²) in [4.78, 5) is 0. The first-order valence-electron chi connectivity index (χ1n) is 8.97. The number of rotatable bonds is 15. The maximum Gasteiger partial charge on any atom is 0.397 e. The fourth-order valence-electron chi connectivity index (χ4n) is 1.15. The highest BCUT2D eigenvalue weighted by Crippen LogP contribution is 1.99. The van der Waals surface area contributed by atoms with Crippen molar-refractivity contribution in [2.24, 2.45) is 0 Å². The Kier molecular flexibility index (Phi) is 29.7. The Morgan fingerprint density at radius 1 is 0.741 bits per heavy atom. The molecule has 168 valence electrons. The van der Waals surface area contributed by atoms with Crippen molar-refractivity contribution in [3.05, 3.63) is 0 Å². The Morgan fingerprint density at radius 2 is 1.11 bits per heavy atom. The monoisotopic (exact) mass is 422 g/mol. The molecule has 27 heavy (non-hydrogen) atoms. The Balaban J connectivity index is -0.000000356. The third kappa shape index (κ3) is 41.2. The molecule has 0 fully saturated rings. The van der Waals surface area contributed by atoms with Crippen molar-refractivity contribution in [1.82, 2.24) is 0 Å². The third-order valence-electron chi connectivity index (χ3n) is 2.48. The van der Waals surface area contributed by atoms with E-state index in [4.69, 9.17) is 33.7 Å². The Bertz CT molecular complexity index is 339. The van der Waals surface area contributed by atoms with Crippen molar-refractivity contribution in [1.29, 1.82) is 0 Å². The molecule has 0 aromatic carbocycles. The van der Waals surface area contributed by atoms with Gasteiger partial charge in [0, 0.05) is 13.2 Å². The summed E-state index contributed by atoms with van der Waals surface area (Å²) in [6, 6.07) is 0. The number of ether oxygens (including phenoxy) is 4. The predicted molar refractivity (Wildman–Crippen MR) is 101 cm³/mol.